The topological polar surface area (TPSA) is 72.6 Å². The average Bonchev–Trinajstić information content (AvgIpc) is 2.80. The number of phenolic OH excluding ortho intramolecular Hbond substituents is 1. The second kappa shape index (κ2) is 7.29. The van der Waals surface area contributed by atoms with Crippen molar-refractivity contribution >= 4 is 21.5 Å². The average molecular weight is 409 g/mol. The predicted octanol–water partition coefficient (Wildman–Crippen LogP) is 5.70. The lowest BCUT2D eigenvalue weighted by molar-refractivity contribution is 0.415. The van der Waals surface area contributed by atoms with Crippen LogP contribution >= 0.6 is 0 Å². The molecule has 0 spiro atoms. The van der Waals surface area contributed by atoms with Gasteiger partial charge in [0.1, 0.15) is 17.2 Å². The molecule has 5 nitrogen and oxygen atoms in total. The zero-order chi connectivity index (χ0) is 21.5. The molecule has 5 rings (SSSR count). The summed E-state index contributed by atoms with van der Waals surface area (Å²) >= 11 is 0. The molecule has 0 fully saturated rings. The van der Waals surface area contributed by atoms with Crippen molar-refractivity contribution in [2.24, 2.45) is 0 Å². The van der Waals surface area contributed by atoms with Crippen LogP contribution in [0.4, 0.5) is 0 Å². The van der Waals surface area contributed by atoms with Gasteiger partial charge >= 0.3 is 5.63 Å². The second-order valence-electron chi connectivity index (χ2n) is 7.41. The molecule has 0 saturated carbocycles. The number of aromatic hydroxyl groups is 1. The van der Waals surface area contributed by atoms with Crippen molar-refractivity contribution in [2.75, 3.05) is 7.11 Å². The van der Waals surface area contributed by atoms with Gasteiger partial charge in [0.2, 0.25) is 0 Å². The Bertz CT molecular complexity index is 1500. The van der Waals surface area contributed by atoms with E-state index in [9.17, 15) is 9.90 Å². The molecule has 1 N–H and O–H groups in total. The van der Waals surface area contributed by atoms with Crippen molar-refractivity contribution in [2.45, 2.75) is 6.92 Å². The first-order valence-electron chi connectivity index (χ1n) is 9.86. The molecule has 0 aliphatic rings. The Kier molecular flexibility index (Phi) is 4.44. The smallest absolute Gasteiger partial charge is 0.344 e. The fraction of sp³-hybridized carbons (Fsp3) is 0.0769. The summed E-state index contributed by atoms with van der Waals surface area (Å²) in [6.07, 6.45) is 1.72. The quantitative estimate of drug-likeness (QED) is 0.414. The first kappa shape index (κ1) is 18.9. The van der Waals surface area contributed by atoms with Gasteiger partial charge in [-0.2, -0.15) is 0 Å². The number of phenols is 1. The van der Waals surface area contributed by atoms with Crippen LogP contribution in [0.5, 0.6) is 11.5 Å². The van der Waals surface area contributed by atoms with Gasteiger partial charge in [-0.25, -0.2) is 4.79 Å². The van der Waals surface area contributed by atoms with Gasteiger partial charge < -0.3 is 14.3 Å². The SMILES string of the molecule is COc1ccc2ccc(O)c(-c3c(-c4ccc(C)cn4)oc(=O)c4ccccc34)c2c1. The molecule has 0 atom stereocenters. The molecule has 0 aliphatic heterocycles. The van der Waals surface area contributed by atoms with Crippen LogP contribution < -0.4 is 10.4 Å². The Labute approximate surface area is 178 Å². The van der Waals surface area contributed by atoms with Gasteiger partial charge in [0.05, 0.1) is 12.5 Å². The minimum absolute atomic E-state index is 0.0770. The first-order chi connectivity index (χ1) is 15.1. The third kappa shape index (κ3) is 3.11. The van der Waals surface area contributed by atoms with E-state index in [1.54, 1.807) is 31.5 Å². The molecule has 0 bridgehead atoms. The second-order valence-corrected chi connectivity index (χ2v) is 7.41. The Hall–Kier alpha value is -4.12. The Morgan fingerprint density at radius 1 is 0.903 bits per heavy atom. The summed E-state index contributed by atoms with van der Waals surface area (Å²) in [4.78, 5) is 17.3. The van der Waals surface area contributed by atoms with Crippen LogP contribution in [0.2, 0.25) is 0 Å². The van der Waals surface area contributed by atoms with E-state index in [0.29, 0.717) is 39.1 Å². The van der Waals surface area contributed by atoms with Crippen molar-refractivity contribution in [1.29, 1.82) is 0 Å². The number of benzene rings is 3. The van der Waals surface area contributed by atoms with Crippen LogP contribution in [0.1, 0.15) is 5.56 Å². The maximum absolute atomic E-state index is 12.8. The monoisotopic (exact) mass is 409 g/mol. The number of pyridine rings is 1. The van der Waals surface area contributed by atoms with Crippen molar-refractivity contribution in [3.05, 3.63) is 88.9 Å². The molecule has 2 aromatic heterocycles. The van der Waals surface area contributed by atoms with Crippen LogP contribution in [0.25, 0.3) is 44.1 Å². The van der Waals surface area contributed by atoms with Crippen molar-refractivity contribution in [3.63, 3.8) is 0 Å². The van der Waals surface area contributed by atoms with Gasteiger partial charge in [0.25, 0.3) is 0 Å². The highest BCUT2D eigenvalue weighted by Gasteiger charge is 2.22. The molecule has 152 valence electrons. The zero-order valence-electron chi connectivity index (χ0n) is 17.0. The Morgan fingerprint density at radius 3 is 2.42 bits per heavy atom. The molecule has 0 amide bonds. The van der Waals surface area contributed by atoms with E-state index in [0.717, 1.165) is 16.3 Å². The number of aryl methyl sites for hydroxylation is 1. The third-order valence-corrected chi connectivity index (χ3v) is 5.44. The van der Waals surface area contributed by atoms with E-state index in [1.807, 2.05) is 55.5 Å². The molecule has 0 aliphatic carbocycles. The van der Waals surface area contributed by atoms with E-state index in [4.69, 9.17) is 9.15 Å². The number of fused-ring (bicyclic) bond motifs is 2. The lowest BCUT2D eigenvalue weighted by atomic mass is 9.92. The summed E-state index contributed by atoms with van der Waals surface area (Å²) < 4.78 is 11.2. The Morgan fingerprint density at radius 2 is 1.68 bits per heavy atom. The number of methoxy groups -OCH3 is 1. The van der Waals surface area contributed by atoms with E-state index < -0.39 is 5.63 Å². The van der Waals surface area contributed by atoms with E-state index in [-0.39, 0.29) is 5.75 Å². The first-order valence-corrected chi connectivity index (χ1v) is 9.86. The highest BCUT2D eigenvalue weighted by Crippen LogP contribution is 2.44. The van der Waals surface area contributed by atoms with Crippen LogP contribution in [0, 0.1) is 6.92 Å². The fourth-order valence-corrected chi connectivity index (χ4v) is 3.91. The highest BCUT2D eigenvalue weighted by atomic mass is 16.5. The van der Waals surface area contributed by atoms with Crippen LogP contribution in [0.15, 0.2) is 82.1 Å². The third-order valence-electron chi connectivity index (χ3n) is 5.44. The lowest BCUT2D eigenvalue weighted by Gasteiger charge is -2.16. The number of aromatic nitrogens is 1. The number of nitrogens with zero attached hydrogens (tertiary/aromatic N) is 1. The molecule has 0 unspecified atom stereocenters. The molecular weight excluding hydrogens is 390 g/mol. The van der Waals surface area contributed by atoms with Gasteiger partial charge in [-0.3, -0.25) is 4.98 Å². The number of hydrogen-bond acceptors (Lipinski definition) is 5. The van der Waals surface area contributed by atoms with Gasteiger partial charge in [-0.05, 0) is 53.6 Å². The number of hydrogen-bond donors (Lipinski definition) is 1. The molecule has 0 radical (unpaired) electrons. The Balaban J connectivity index is 1.98. The number of ether oxygens (including phenoxy) is 1. The van der Waals surface area contributed by atoms with Gasteiger partial charge in [0, 0.05) is 22.7 Å². The highest BCUT2D eigenvalue weighted by molar-refractivity contribution is 6.10. The molecule has 5 heteroatoms. The molecule has 0 saturated heterocycles. The van der Waals surface area contributed by atoms with Gasteiger partial charge in [-0.1, -0.05) is 36.4 Å². The predicted molar refractivity (Wildman–Crippen MR) is 122 cm³/mol. The van der Waals surface area contributed by atoms with E-state index in [1.165, 1.54) is 0 Å². The lowest BCUT2D eigenvalue weighted by Crippen LogP contribution is -2.04. The maximum Gasteiger partial charge on any atom is 0.344 e. The van der Waals surface area contributed by atoms with Crippen LogP contribution in [-0.4, -0.2) is 17.2 Å². The summed E-state index contributed by atoms with van der Waals surface area (Å²) in [7, 11) is 1.60. The minimum Gasteiger partial charge on any atom is -0.507 e. The van der Waals surface area contributed by atoms with E-state index >= 15 is 0 Å². The summed E-state index contributed by atoms with van der Waals surface area (Å²) in [5, 5.41) is 13.8. The van der Waals surface area contributed by atoms with E-state index in [2.05, 4.69) is 4.98 Å². The molecule has 3 aromatic carbocycles. The van der Waals surface area contributed by atoms with Gasteiger partial charge in [0.15, 0.2) is 5.76 Å². The summed E-state index contributed by atoms with van der Waals surface area (Å²) in [5.74, 6) is 1.05. The fourth-order valence-electron chi connectivity index (χ4n) is 3.91. The summed E-state index contributed by atoms with van der Waals surface area (Å²) in [6, 6.07) is 20.1. The van der Waals surface area contributed by atoms with Gasteiger partial charge in [-0.15, -0.1) is 0 Å². The van der Waals surface area contributed by atoms with Crippen molar-refractivity contribution < 1.29 is 14.3 Å². The zero-order valence-corrected chi connectivity index (χ0v) is 17.0. The standard InChI is InChI=1S/C26H19NO4/c1-15-7-11-21(27-14-15)25-24(18-5-3-4-6-19(18)26(29)31-25)23-20-13-17(30-2)10-8-16(20)9-12-22(23)28/h3-14,28H,1-2H3. The molecule has 2 heterocycles. The normalized spacial score (nSPS) is 11.2. The minimum atomic E-state index is -0.450. The van der Waals surface area contributed by atoms with Crippen LogP contribution in [-0.2, 0) is 0 Å². The van der Waals surface area contributed by atoms with Crippen molar-refractivity contribution in [1.82, 2.24) is 4.98 Å². The largest absolute Gasteiger partial charge is 0.507 e. The van der Waals surface area contributed by atoms with Crippen LogP contribution in [0.3, 0.4) is 0 Å². The molecular formula is C26H19NO4. The maximum atomic E-state index is 12.8. The molecule has 5 aromatic rings. The van der Waals surface area contributed by atoms with Crippen molar-refractivity contribution in [3.8, 4) is 34.1 Å². The summed E-state index contributed by atoms with van der Waals surface area (Å²) in [5.41, 5.74) is 2.24. The summed E-state index contributed by atoms with van der Waals surface area (Å²) in [6.45, 7) is 1.94. The number of rotatable bonds is 3. The molecule has 31 heavy (non-hydrogen) atoms.